The second-order valence-electron chi connectivity index (χ2n) is 5.88. The molecule has 3 aromatic rings. The fourth-order valence-corrected chi connectivity index (χ4v) is 4.30. The molecule has 134 valence electrons. The molecule has 0 bridgehead atoms. The molecule has 0 saturated heterocycles. The van der Waals surface area contributed by atoms with Crippen LogP contribution in [0.1, 0.15) is 10.4 Å². The molecule has 0 saturated carbocycles. The number of thiophene rings is 1. The molecule has 0 aliphatic carbocycles. The summed E-state index contributed by atoms with van der Waals surface area (Å²) < 4.78 is 1.56. The molecule has 2 aromatic heterocycles. The first-order valence-corrected chi connectivity index (χ1v) is 9.89. The number of aromatic nitrogens is 2. The molecule has 0 aliphatic heterocycles. The zero-order chi connectivity index (χ0) is 18.7. The Morgan fingerprint density at radius 2 is 2.19 bits per heavy atom. The average molecular weight is 386 g/mol. The molecule has 7 heteroatoms. The highest BCUT2D eigenvalue weighted by Gasteiger charge is 2.14. The minimum absolute atomic E-state index is 0.0964. The van der Waals surface area contributed by atoms with Crippen LogP contribution in [-0.4, -0.2) is 21.2 Å². The molecule has 0 radical (unpaired) electrons. The number of benzene rings is 1. The highest BCUT2D eigenvalue weighted by molar-refractivity contribution is 7.99. The zero-order valence-electron chi connectivity index (χ0n) is 14.6. The molecular formula is C19H19N3O2S2. The molecular weight excluding hydrogens is 366 g/mol. The Morgan fingerprint density at radius 3 is 2.92 bits per heavy atom. The van der Waals surface area contributed by atoms with Crippen LogP contribution in [0.15, 0.2) is 52.9 Å². The molecule has 0 unspecified atom stereocenters. The van der Waals surface area contributed by atoms with Crippen molar-refractivity contribution in [1.82, 2.24) is 9.55 Å². The van der Waals surface area contributed by atoms with Gasteiger partial charge in [-0.25, -0.2) is 4.98 Å². The van der Waals surface area contributed by atoms with Gasteiger partial charge in [0.15, 0.2) is 5.16 Å². The van der Waals surface area contributed by atoms with Gasteiger partial charge in [0.05, 0.1) is 11.1 Å². The topological polar surface area (TPSA) is 64.0 Å². The van der Waals surface area contributed by atoms with E-state index in [1.807, 2.05) is 44.2 Å². The summed E-state index contributed by atoms with van der Waals surface area (Å²) in [6.45, 7) is 7.99. The van der Waals surface area contributed by atoms with Crippen LogP contribution in [0.4, 0.5) is 5.69 Å². The van der Waals surface area contributed by atoms with Gasteiger partial charge in [0, 0.05) is 17.1 Å². The highest BCUT2D eigenvalue weighted by Crippen LogP contribution is 2.24. The number of allylic oxidation sites excluding steroid dienone is 1. The van der Waals surface area contributed by atoms with Gasteiger partial charge < -0.3 is 5.32 Å². The molecule has 0 aliphatic rings. The minimum Gasteiger partial charge on any atom is -0.325 e. The Labute approximate surface area is 159 Å². The normalized spacial score (nSPS) is 10.8. The fraction of sp³-hybridized carbons (Fsp3) is 0.211. The molecule has 26 heavy (non-hydrogen) atoms. The number of aryl methyl sites for hydroxylation is 2. The summed E-state index contributed by atoms with van der Waals surface area (Å²) in [7, 11) is 0. The number of nitrogens with one attached hydrogen (secondary N) is 1. The van der Waals surface area contributed by atoms with Gasteiger partial charge in [0.2, 0.25) is 5.91 Å². The Kier molecular flexibility index (Phi) is 5.58. The predicted molar refractivity (Wildman–Crippen MR) is 109 cm³/mol. The lowest BCUT2D eigenvalue weighted by Gasteiger charge is -2.10. The fourth-order valence-electron chi connectivity index (χ4n) is 2.57. The van der Waals surface area contributed by atoms with Gasteiger partial charge >= 0.3 is 0 Å². The Morgan fingerprint density at radius 1 is 1.38 bits per heavy atom. The van der Waals surface area contributed by atoms with Gasteiger partial charge in [-0.1, -0.05) is 30.0 Å². The second kappa shape index (κ2) is 7.88. The van der Waals surface area contributed by atoms with E-state index in [2.05, 4.69) is 16.9 Å². The van der Waals surface area contributed by atoms with E-state index in [0.29, 0.717) is 21.9 Å². The average Bonchev–Trinajstić information content (AvgIpc) is 2.96. The Bertz CT molecular complexity index is 1040. The van der Waals surface area contributed by atoms with Crippen molar-refractivity contribution in [2.75, 3.05) is 11.1 Å². The van der Waals surface area contributed by atoms with Crippen LogP contribution in [0, 0.1) is 13.8 Å². The summed E-state index contributed by atoms with van der Waals surface area (Å²) in [5.41, 5.74) is 1.74. The van der Waals surface area contributed by atoms with Gasteiger partial charge in [-0.3, -0.25) is 14.2 Å². The van der Waals surface area contributed by atoms with E-state index >= 15 is 0 Å². The molecule has 2 heterocycles. The first-order chi connectivity index (χ1) is 12.5. The SMILES string of the molecule is C=CCn1c(SCC(=O)Nc2cccc(C)c2)nc2sc(C)cc2c1=O. The van der Waals surface area contributed by atoms with Gasteiger partial charge in [-0.2, -0.15) is 0 Å². The number of fused-ring (bicyclic) bond motifs is 1. The third kappa shape index (κ3) is 4.05. The molecule has 0 atom stereocenters. The van der Waals surface area contributed by atoms with Crippen molar-refractivity contribution in [2.24, 2.45) is 0 Å². The van der Waals surface area contributed by atoms with Crippen molar-refractivity contribution in [3.05, 3.63) is 63.8 Å². The summed E-state index contributed by atoms with van der Waals surface area (Å²) >= 11 is 2.74. The molecule has 3 rings (SSSR count). The molecule has 0 spiro atoms. The molecule has 1 N–H and O–H groups in total. The number of carbonyl (C=O) groups is 1. The van der Waals surface area contributed by atoms with E-state index in [1.54, 1.807) is 10.6 Å². The van der Waals surface area contributed by atoms with Crippen molar-refractivity contribution in [3.8, 4) is 0 Å². The summed E-state index contributed by atoms with van der Waals surface area (Å²) in [6.07, 6.45) is 1.66. The van der Waals surface area contributed by atoms with Crippen LogP contribution in [0.25, 0.3) is 10.2 Å². The smallest absolute Gasteiger partial charge is 0.263 e. The predicted octanol–water partition coefficient (Wildman–Crippen LogP) is 3.99. The van der Waals surface area contributed by atoms with Crippen molar-refractivity contribution in [1.29, 1.82) is 0 Å². The maximum Gasteiger partial charge on any atom is 0.263 e. The van der Waals surface area contributed by atoms with E-state index in [-0.39, 0.29) is 17.2 Å². The molecule has 1 aromatic carbocycles. The Balaban J connectivity index is 1.81. The Hall–Kier alpha value is -2.38. The van der Waals surface area contributed by atoms with E-state index in [1.165, 1.54) is 23.1 Å². The standard InChI is InChI=1S/C19H19N3O2S2/c1-4-8-22-18(24)15-10-13(3)26-17(15)21-19(22)25-11-16(23)20-14-7-5-6-12(2)9-14/h4-7,9-10H,1,8,11H2,2-3H3,(H,20,23). The summed E-state index contributed by atoms with van der Waals surface area (Å²) in [5, 5.41) is 4.01. The number of rotatable bonds is 6. The summed E-state index contributed by atoms with van der Waals surface area (Å²) in [4.78, 5) is 31.3. The van der Waals surface area contributed by atoms with Crippen LogP contribution >= 0.6 is 23.1 Å². The van der Waals surface area contributed by atoms with Crippen LogP contribution in [0.3, 0.4) is 0 Å². The summed E-state index contributed by atoms with van der Waals surface area (Å²) in [5.74, 6) is 0.0374. The lowest BCUT2D eigenvalue weighted by atomic mass is 10.2. The quantitative estimate of drug-likeness (QED) is 0.396. The molecule has 0 fully saturated rings. The van der Waals surface area contributed by atoms with E-state index in [4.69, 9.17) is 0 Å². The number of thioether (sulfide) groups is 1. The number of carbonyl (C=O) groups excluding carboxylic acids is 1. The molecule has 5 nitrogen and oxygen atoms in total. The largest absolute Gasteiger partial charge is 0.325 e. The van der Waals surface area contributed by atoms with Gasteiger partial charge in [-0.05, 0) is 37.6 Å². The van der Waals surface area contributed by atoms with Crippen LogP contribution in [-0.2, 0) is 11.3 Å². The van der Waals surface area contributed by atoms with Gasteiger partial charge in [0.25, 0.3) is 5.56 Å². The van der Waals surface area contributed by atoms with Crippen molar-refractivity contribution < 1.29 is 4.79 Å². The van der Waals surface area contributed by atoms with Crippen LogP contribution in [0.2, 0.25) is 0 Å². The first-order valence-electron chi connectivity index (χ1n) is 8.09. The summed E-state index contributed by atoms with van der Waals surface area (Å²) in [6, 6.07) is 9.49. The number of hydrogen-bond donors (Lipinski definition) is 1. The van der Waals surface area contributed by atoms with Crippen LogP contribution < -0.4 is 10.9 Å². The number of nitrogens with zero attached hydrogens (tertiary/aromatic N) is 2. The van der Waals surface area contributed by atoms with E-state index < -0.39 is 0 Å². The van der Waals surface area contributed by atoms with E-state index in [0.717, 1.165) is 16.1 Å². The number of hydrogen-bond acceptors (Lipinski definition) is 5. The van der Waals surface area contributed by atoms with Crippen molar-refractivity contribution >= 4 is 44.9 Å². The lowest BCUT2D eigenvalue weighted by molar-refractivity contribution is -0.113. The maximum absolute atomic E-state index is 12.7. The maximum atomic E-state index is 12.7. The minimum atomic E-state index is -0.137. The first kappa shape index (κ1) is 18.4. The zero-order valence-corrected chi connectivity index (χ0v) is 16.2. The monoisotopic (exact) mass is 385 g/mol. The van der Waals surface area contributed by atoms with Gasteiger partial charge in [-0.15, -0.1) is 17.9 Å². The third-order valence-electron chi connectivity index (χ3n) is 3.69. The third-order valence-corrected chi connectivity index (χ3v) is 5.61. The van der Waals surface area contributed by atoms with Crippen molar-refractivity contribution in [3.63, 3.8) is 0 Å². The van der Waals surface area contributed by atoms with Gasteiger partial charge in [0.1, 0.15) is 4.83 Å². The molecule has 1 amide bonds. The van der Waals surface area contributed by atoms with Crippen molar-refractivity contribution in [2.45, 2.75) is 25.5 Å². The number of amides is 1. The number of anilines is 1. The second-order valence-corrected chi connectivity index (χ2v) is 8.06. The highest BCUT2D eigenvalue weighted by atomic mass is 32.2. The van der Waals surface area contributed by atoms with E-state index in [9.17, 15) is 9.59 Å². The lowest BCUT2D eigenvalue weighted by Crippen LogP contribution is -2.23. The van der Waals surface area contributed by atoms with Crippen LogP contribution in [0.5, 0.6) is 0 Å².